The molecule has 1 N–H and O–H groups in total. The maximum absolute atomic E-state index is 12.3. The second kappa shape index (κ2) is 10.6. The lowest BCUT2D eigenvalue weighted by Gasteiger charge is -2.11. The van der Waals surface area contributed by atoms with E-state index in [2.05, 4.69) is 11.4 Å². The minimum absolute atomic E-state index is 0.123. The number of nitrogens with one attached hydrogen (secondary N) is 1. The van der Waals surface area contributed by atoms with Gasteiger partial charge in [-0.15, -0.1) is 11.3 Å². The number of nitriles is 1. The highest BCUT2D eigenvalue weighted by atomic mass is 32.1. The number of anilines is 1. The van der Waals surface area contributed by atoms with Gasteiger partial charge in [-0.1, -0.05) is 6.42 Å². The van der Waals surface area contributed by atoms with Gasteiger partial charge >= 0.3 is 5.97 Å². The van der Waals surface area contributed by atoms with E-state index in [0.29, 0.717) is 28.5 Å². The number of hydrogen-bond donors (Lipinski definition) is 1. The Morgan fingerprint density at radius 1 is 1.16 bits per heavy atom. The Kier molecular flexibility index (Phi) is 7.40. The molecule has 0 unspecified atom stereocenters. The second-order valence-corrected chi connectivity index (χ2v) is 9.08. The van der Waals surface area contributed by atoms with Crippen molar-refractivity contribution >= 4 is 28.2 Å². The first kappa shape index (κ1) is 22.3. The van der Waals surface area contributed by atoms with E-state index in [0.717, 1.165) is 57.1 Å². The van der Waals surface area contributed by atoms with Crippen LogP contribution < -0.4 is 10.1 Å². The van der Waals surface area contributed by atoms with Gasteiger partial charge in [-0.05, 0) is 68.4 Å². The first-order valence-electron chi connectivity index (χ1n) is 11.0. The molecule has 7 nitrogen and oxygen atoms in total. The molecule has 0 radical (unpaired) electrons. The number of aryl methyl sites for hydroxylation is 1. The number of carbonyl (C=O) groups excluding carboxylic acids is 2. The van der Waals surface area contributed by atoms with Gasteiger partial charge in [-0.2, -0.15) is 5.26 Å². The highest BCUT2D eigenvalue weighted by molar-refractivity contribution is 7.16. The van der Waals surface area contributed by atoms with Crippen molar-refractivity contribution in [2.24, 2.45) is 0 Å². The molecule has 0 saturated carbocycles. The molecule has 2 aliphatic rings. The molecular formula is C24H26N2O5S. The van der Waals surface area contributed by atoms with Gasteiger partial charge in [0, 0.05) is 11.5 Å². The number of amides is 1. The first-order chi connectivity index (χ1) is 15.6. The van der Waals surface area contributed by atoms with E-state index in [1.54, 1.807) is 24.3 Å². The SMILES string of the molecule is N#Cc1c(NC(=O)COC(=O)c2ccc(OC[C@@H]3CCCO3)cc2)sc2c1CCCCC2. The van der Waals surface area contributed by atoms with E-state index in [1.807, 2.05) is 0 Å². The topological polar surface area (TPSA) is 97.7 Å². The summed E-state index contributed by atoms with van der Waals surface area (Å²) in [7, 11) is 0. The van der Waals surface area contributed by atoms with Crippen LogP contribution in [-0.2, 0) is 27.1 Å². The zero-order valence-electron chi connectivity index (χ0n) is 17.9. The summed E-state index contributed by atoms with van der Waals surface area (Å²) >= 11 is 1.46. The van der Waals surface area contributed by atoms with Crippen LogP contribution in [-0.4, -0.2) is 37.8 Å². The third-order valence-corrected chi connectivity index (χ3v) is 6.88. The average Bonchev–Trinajstić information content (AvgIpc) is 3.38. The molecule has 1 aliphatic carbocycles. The monoisotopic (exact) mass is 454 g/mol. The smallest absolute Gasteiger partial charge is 0.338 e. The number of carbonyl (C=O) groups is 2. The Labute approximate surface area is 191 Å². The van der Waals surface area contributed by atoms with Crippen LogP contribution in [0.3, 0.4) is 0 Å². The molecule has 0 bridgehead atoms. The predicted molar refractivity (Wildman–Crippen MR) is 120 cm³/mol. The van der Waals surface area contributed by atoms with Crippen molar-refractivity contribution in [3.8, 4) is 11.8 Å². The molecule has 1 fully saturated rings. The van der Waals surface area contributed by atoms with Crippen LogP contribution >= 0.6 is 11.3 Å². The minimum atomic E-state index is -0.590. The standard InChI is InChI=1S/C24H26N2O5S/c25-13-20-19-6-2-1-3-7-21(19)32-23(20)26-22(27)15-31-24(28)16-8-10-17(11-9-16)30-14-18-5-4-12-29-18/h8-11,18H,1-7,12,14-15H2,(H,26,27)/t18-/m0/s1. The summed E-state index contributed by atoms with van der Waals surface area (Å²) < 4.78 is 16.4. The molecule has 32 heavy (non-hydrogen) atoms. The van der Waals surface area contributed by atoms with Crippen molar-refractivity contribution in [1.29, 1.82) is 5.26 Å². The van der Waals surface area contributed by atoms with Gasteiger partial charge in [0.25, 0.3) is 5.91 Å². The van der Waals surface area contributed by atoms with Gasteiger partial charge in [0.2, 0.25) is 0 Å². The molecule has 2 heterocycles. The predicted octanol–water partition coefficient (Wildman–Crippen LogP) is 4.24. The van der Waals surface area contributed by atoms with Crippen LogP contribution in [0.5, 0.6) is 5.75 Å². The third-order valence-electron chi connectivity index (χ3n) is 5.67. The van der Waals surface area contributed by atoms with Crippen molar-refractivity contribution in [2.45, 2.75) is 51.0 Å². The van der Waals surface area contributed by atoms with Gasteiger partial charge in [0.15, 0.2) is 6.61 Å². The van der Waals surface area contributed by atoms with Gasteiger partial charge in [0.1, 0.15) is 23.4 Å². The Morgan fingerprint density at radius 2 is 1.97 bits per heavy atom. The summed E-state index contributed by atoms with van der Waals surface area (Å²) in [6, 6.07) is 8.84. The van der Waals surface area contributed by atoms with E-state index in [-0.39, 0.29) is 6.10 Å². The van der Waals surface area contributed by atoms with Crippen LogP contribution in [0, 0.1) is 11.3 Å². The van der Waals surface area contributed by atoms with Crippen LogP contribution in [0.1, 0.15) is 58.5 Å². The normalized spacial score (nSPS) is 17.7. The largest absolute Gasteiger partial charge is 0.491 e. The molecule has 2 aromatic rings. The van der Waals surface area contributed by atoms with Crippen LogP contribution in [0.25, 0.3) is 0 Å². The molecule has 4 rings (SSSR count). The number of rotatable bonds is 7. The van der Waals surface area contributed by atoms with E-state index < -0.39 is 18.5 Å². The van der Waals surface area contributed by atoms with Gasteiger partial charge in [-0.3, -0.25) is 4.79 Å². The number of thiophene rings is 1. The van der Waals surface area contributed by atoms with E-state index >= 15 is 0 Å². The van der Waals surface area contributed by atoms with Crippen molar-refractivity contribution in [3.63, 3.8) is 0 Å². The Morgan fingerprint density at radius 3 is 2.72 bits per heavy atom. The summed E-state index contributed by atoms with van der Waals surface area (Å²) in [6.45, 7) is 0.851. The number of ether oxygens (including phenoxy) is 3. The summed E-state index contributed by atoms with van der Waals surface area (Å²) in [5.74, 6) is -0.396. The molecule has 1 saturated heterocycles. The Balaban J connectivity index is 1.27. The quantitative estimate of drug-likeness (QED) is 0.496. The van der Waals surface area contributed by atoms with Crippen molar-refractivity contribution in [3.05, 3.63) is 45.8 Å². The van der Waals surface area contributed by atoms with E-state index in [1.165, 1.54) is 16.2 Å². The maximum atomic E-state index is 12.3. The fourth-order valence-electron chi connectivity index (χ4n) is 3.98. The van der Waals surface area contributed by atoms with Crippen LogP contribution in [0.15, 0.2) is 24.3 Å². The fraction of sp³-hybridized carbons (Fsp3) is 0.458. The molecule has 1 aromatic carbocycles. The lowest BCUT2D eigenvalue weighted by Crippen LogP contribution is -2.21. The summed E-state index contributed by atoms with van der Waals surface area (Å²) in [5, 5.41) is 12.9. The lowest BCUT2D eigenvalue weighted by molar-refractivity contribution is -0.119. The first-order valence-corrected chi connectivity index (χ1v) is 11.8. The summed E-state index contributed by atoms with van der Waals surface area (Å²) in [4.78, 5) is 25.8. The number of nitrogens with zero attached hydrogens (tertiary/aromatic N) is 1. The highest BCUT2D eigenvalue weighted by Crippen LogP contribution is 2.36. The van der Waals surface area contributed by atoms with Gasteiger partial charge in [-0.25, -0.2) is 4.79 Å². The van der Waals surface area contributed by atoms with Crippen molar-refractivity contribution in [1.82, 2.24) is 0 Å². The lowest BCUT2D eigenvalue weighted by atomic mass is 10.1. The Bertz CT molecular complexity index is 1000. The van der Waals surface area contributed by atoms with Crippen molar-refractivity contribution in [2.75, 3.05) is 25.1 Å². The van der Waals surface area contributed by atoms with E-state index in [4.69, 9.17) is 14.2 Å². The maximum Gasteiger partial charge on any atom is 0.338 e. The molecule has 168 valence electrons. The number of fused-ring (bicyclic) bond motifs is 1. The number of benzene rings is 1. The zero-order chi connectivity index (χ0) is 22.3. The summed E-state index contributed by atoms with van der Waals surface area (Å²) in [5.41, 5.74) is 1.94. The van der Waals surface area contributed by atoms with Gasteiger partial charge < -0.3 is 19.5 Å². The van der Waals surface area contributed by atoms with Gasteiger partial charge in [0.05, 0.1) is 17.2 Å². The molecule has 1 amide bonds. The average molecular weight is 455 g/mol. The van der Waals surface area contributed by atoms with Crippen molar-refractivity contribution < 1.29 is 23.8 Å². The number of hydrogen-bond acceptors (Lipinski definition) is 7. The molecule has 8 heteroatoms. The van der Waals surface area contributed by atoms with E-state index in [9.17, 15) is 14.9 Å². The molecule has 1 aromatic heterocycles. The fourth-order valence-corrected chi connectivity index (χ4v) is 5.23. The minimum Gasteiger partial charge on any atom is -0.491 e. The summed E-state index contributed by atoms with van der Waals surface area (Å²) in [6.07, 6.45) is 7.29. The molecule has 0 spiro atoms. The molecule has 1 atom stereocenters. The zero-order valence-corrected chi connectivity index (χ0v) is 18.7. The van der Waals surface area contributed by atoms with Crippen LogP contribution in [0.2, 0.25) is 0 Å². The Hall–Kier alpha value is -2.89. The molecule has 1 aliphatic heterocycles. The van der Waals surface area contributed by atoms with Crippen LogP contribution in [0.4, 0.5) is 5.00 Å². The third kappa shape index (κ3) is 5.47. The molecular weight excluding hydrogens is 428 g/mol. The second-order valence-electron chi connectivity index (χ2n) is 7.98. The highest BCUT2D eigenvalue weighted by Gasteiger charge is 2.21. The number of esters is 1.